The zero-order valence-electron chi connectivity index (χ0n) is 22.1. The third-order valence-corrected chi connectivity index (χ3v) is 8.01. The number of halogens is 2. The van der Waals surface area contributed by atoms with E-state index in [2.05, 4.69) is 4.99 Å². The van der Waals surface area contributed by atoms with Crippen molar-refractivity contribution in [2.24, 2.45) is 4.99 Å². The first kappa shape index (κ1) is 27.9. The molecule has 0 saturated carbocycles. The topological polar surface area (TPSA) is 69.9 Å². The molecule has 2 heterocycles. The number of carbonyl (C=O) groups is 1. The van der Waals surface area contributed by atoms with Crippen LogP contribution in [0.25, 0.3) is 6.08 Å². The van der Waals surface area contributed by atoms with Crippen LogP contribution >= 0.6 is 34.5 Å². The van der Waals surface area contributed by atoms with Crippen LogP contribution in [0.4, 0.5) is 0 Å². The van der Waals surface area contributed by atoms with E-state index in [9.17, 15) is 9.59 Å². The first-order valence-electron chi connectivity index (χ1n) is 12.7. The van der Waals surface area contributed by atoms with E-state index in [1.165, 1.54) is 15.9 Å². The first-order valence-corrected chi connectivity index (χ1v) is 14.2. The molecule has 4 aromatic rings. The zero-order chi connectivity index (χ0) is 28.4. The summed E-state index contributed by atoms with van der Waals surface area (Å²) in [6.45, 7) is 5.65. The smallest absolute Gasteiger partial charge is 0.338 e. The normalized spacial score (nSPS) is 15.2. The number of benzene rings is 3. The molecule has 1 unspecified atom stereocenters. The van der Waals surface area contributed by atoms with Crippen LogP contribution in [0.3, 0.4) is 0 Å². The van der Waals surface area contributed by atoms with E-state index in [4.69, 9.17) is 32.7 Å². The Morgan fingerprint density at radius 1 is 1.02 bits per heavy atom. The zero-order valence-corrected chi connectivity index (χ0v) is 24.4. The minimum absolute atomic E-state index is 0.268. The van der Waals surface area contributed by atoms with Gasteiger partial charge in [0.15, 0.2) is 4.80 Å². The van der Waals surface area contributed by atoms with Gasteiger partial charge in [-0.25, -0.2) is 9.79 Å². The standard InChI is InChI=1S/C31H26Cl2N2O4S/c1-18(2)39-30(37)27-19(3)34-31-35(28(27)23-9-5-7-11-25(23)33)29(36)26(40-31)16-20-12-14-22(15-13-20)38-17-21-8-4-6-10-24(21)32/h4-16,18,28H,17H2,1-3H3. The number of rotatable bonds is 7. The van der Waals surface area contributed by atoms with Crippen LogP contribution in [-0.2, 0) is 16.1 Å². The predicted octanol–water partition coefficient (Wildman–Crippen LogP) is 6.07. The van der Waals surface area contributed by atoms with Gasteiger partial charge < -0.3 is 9.47 Å². The number of fused-ring (bicyclic) bond motifs is 1. The second-order valence-electron chi connectivity index (χ2n) is 9.51. The first-order chi connectivity index (χ1) is 19.2. The number of hydrogen-bond acceptors (Lipinski definition) is 6. The largest absolute Gasteiger partial charge is 0.489 e. The summed E-state index contributed by atoms with van der Waals surface area (Å²) in [4.78, 5) is 32.1. The van der Waals surface area contributed by atoms with E-state index in [1.807, 2.05) is 60.7 Å². The molecule has 1 aliphatic heterocycles. The van der Waals surface area contributed by atoms with Crippen molar-refractivity contribution in [3.05, 3.63) is 130 Å². The maximum Gasteiger partial charge on any atom is 0.338 e. The highest BCUT2D eigenvalue weighted by Gasteiger charge is 2.34. The van der Waals surface area contributed by atoms with Gasteiger partial charge in [0.1, 0.15) is 18.4 Å². The van der Waals surface area contributed by atoms with Crippen molar-refractivity contribution in [3.8, 4) is 5.75 Å². The van der Waals surface area contributed by atoms with E-state index < -0.39 is 12.0 Å². The van der Waals surface area contributed by atoms with Gasteiger partial charge in [0.2, 0.25) is 0 Å². The number of hydrogen-bond donors (Lipinski definition) is 0. The maximum absolute atomic E-state index is 13.8. The molecule has 40 heavy (non-hydrogen) atoms. The van der Waals surface area contributed by atoms with Crippen LogP contribution in [0.5, 0.6) is 5.75 Å². The van der Waals surface area contributed by atoms with Crippen molar-refractivity contribution >= 4 is 46.6 Å². The Hall–Kier alpha value is -3.65. The molecule has 0 aliphatic carbocycles. The van der Waals surface area contributed by atoms with Gasteiger partial charge >= 0.3 is 5.97 Å². The van der Waals surface area contributed by atoms with Gasteiger partial charge in [-0.2, -0.15) is 0 Å². The summed E-state index contributed by atoms with van der Waals surface area (Å²) in [7, 11) is 0. The lowest BCUT2D eigenvalue weighted by Gasteiger charge is -2.26. The fourth-order valence-corrected chi connectivity index (χ4v) is 5.92. The number of thiazole rings is 1. The Morgan fingerprint density at radius 2 is 1.70 bits per heavy atom. The van der Waals surface area contributed by atoms with Crippen molar-refractivity contribution in [2.45, 2.75) is 39.5 Å². The van der Waals surface area contributed by atoms with E-state index in [-0.39, 0.29) is 11.7 Å². The average molecular weight is 594 g/mol. The monoisotopic (exact) mass is 592 g/mol. The number of aromatic nitrogens is 1. The van der Waals surface area contributed by atoms with Crippen molar-refractivity contribution < 1.29 is 14.3 Å². The fraction of sp³-hybridized carbons (Fsp3) is 0.194. The lowest BCUT2D eigenvalue weighted by molar-refractivity contribution is -0.143. The number of allylic oxidation sites excluding steroid dienone is 1. The Morgan fingerprint density at radius 3 is 2.38 bits per heavy atom. The van der Waals surface area contributed by atoms with Crippen molar-refractivity contribution in [1.29, 1.82) is 0 Å². The molecule has 0 bridgehead atoms. The summed E-state index contributed by atoms with van der Waals surface area (Å²) in [6, 6.07) is 21.4. The second-order valence-corrected chi connectivity index (χ2v) is 11.3. The van der Waals surface area contributed by atoms with E-state index in [0.29, 0.717) is 48.6 Å². The molecular weight excluding hydrogens is 567 g/mol. The molecule has 0 N–H and O–H groups in total. The molecule has 1 aliphatic rings. The summed E-state index contributed by atoms with van der Waals surface area (Å²) >= 11 is 14.1. The van der Waals surface area contributed by atoms with Gasteiger partial charge in [-0.15, -0.1) is 0 Å². The molecule has 0 spiro atoms. The Kier molecular flexibility index (Phi) is 8.26. The Balaban J connectivity index is 1.51. The summed E-state index contributed by atoms with van der Waals surface area (Å²) in [5.74, 6) is 0.156. The lowest BCUT2D eigenvalue weighted by Crippen LogP contribution is -2.40. The molecule has 0 fully saturated rings. The van der Waals surface area contributed by atoms with E-state index >= 15 is 0 Å². The van der Waals surface area contributed by atoms with Crippen LogP contribution in [0, 0.1) is 0 Å². The van der Waals surface area contributed by atoms with Gasteiger partial charge in [0, 0.05) is 15.6 Å². The van der Waals surface area contributed by atoms with Crippen molar-refractivity contribution in [1.82, 2.24) is 4.57 Å². The molecular formula is C31H26Cl2N2O4S. The average Bonchev–Trinajstić information content (AvgIpc) is 3.22. The number of nitrogens with zero attached hydrogens (tertiary/aromatic N) is 2. The number of carbonyl (C=O) groups excluding carboxylic acids is 1. The van der Waals surface area contributed by atoms with Crippen LogP contribution in [0.2, 0.25) is 10.0 Å². The quantitative estimate of drug-likeness (QED) is 0.244. The molecule has 6 nitrogen and oxygen atoms in total. The maximum atomic E-state index is 13.8. The predicted molar refractivity (Wildman–Crippen MR) is 159 cm³/mol. The molecule has 1 aromatic heterocycles. The highest BCUT2D eigenvalue weighted by atomic mass is 35.5. The number of ether oxygens (including phenoxy) is 2. The third kappa shape index (κ3) is 5.77. The van der Waals surface area contributed by atoms with Crippen LogP contribution in [0.1, 0.15) is 43.5 Å². The molecule has 1 atom stereocenters. The molecule has 0 amide bonds. The SMILES string of the molecule is CC1=C(C(=O)OC(C)C)C(c2ccccc2Cl)n2c(sc(=Cc3ccc(OCc4ccccc4Cl)cc3)c2=O)=N1. The van der Waals surface area contributed by atoms with Crippen molar-refractivity contribution in [3.63, 3.8) is 0 Å². The van der Waals surface area contributed by atoms with Gasteiger partial charge in [-0.1, -0.05) is 83.1 Å². The molecule has 0 radical (unpaired) electrons. The van der Waals surface area contributed by atoms with E-state index in [0.717, 1.165) is 11.1 Å². The fourth-order valence-electron chi connectivity index (χ4n) is 4.44. The Labute approximate surface area is 245 Å². The molecule has 5 rings (SSSR count). The molecule has 3 aromatic carbocycles. The van der Waals surface area contributed by atoms with Gasteiger partial charge in [0.25, 0.3) is 5.56 Å². The van der Waals surface area contributed by atoms with Crippen LogP contribution < -0.4 is 19.6 Å². The van der Waals surface area contributed by atoms with Gasteiger partial charge in [-0.3, -0.25) is 9.36 Å². The lowest BCUT2D eigenvalue weighted by atomic mass is 9.96. The summed E-state index contributed by atoms with van der Waals surface area (Å²) < 4.78 is 13.4. The highest BCUT2D eigenvalue weighted by molar-refractivity contribution is 7.07. The second kappa shape index (κ2) is 11.8. The minimum atomic E-state index is -0.765. The van der Waals surface area contributed by atoms with Crippen molar-refractivity contribution in [2.75, 3.05) is 0 Å². The van der Waals surface area contributed by atoms with Crippen LogP contribution in [-0.4, -0.2) is 16.6 Å². The molecule has 204 valence electrons. The van der Waals surface area contributed by atoms with Crippen LogP contribution in [0.15, 0.2) is 93.9 Å². The minimum Gasteiger partial charge on any atom is -0.489 e. The highest BCUT2D eigenvalue weighted by Crippen LogP contribution is 2.34. The molecule has 0 saturated heterocycles. The summed E-state index contributed by atoms with van der Waals surface area (Å²) in [5, 5.41) is 1.10. The third-order valence-electron chi connectivity index (χ3n) is 6.31. The van der Waals surface area contributed by atoms with E-state index in [1.54, 1.807) is 39.0 Å². The number of esters is 1. The van der Waals surface area contributed by atoms with Gasteiger partial charge in [-0.05, 0) is 62.2 Å². The summed E-state index contributed by atoms with van der Waals surface area (Å²) in [5.41, 5.74) is 2.86. The summed E-state index contributed by atoms with van der Waals surface area (Å²) in [6.07, 6.45) is 1.47. The molecule has 9 heteroatoms. The van der Waals surface area contributed by atoms with Gasteiger partial charge in [0.05, 0.1) is 21.9 Å². The Bertz CT molecular complexity index is 1790.